The summed E-state index contributed by atoms with van der Waals surface area (Å²) in [5, 5.41) is 14.1. The van der Waals surface area contributed by atoms with E-state index in [1.807, 2.05) is 5.32 Å². The molecule has 0 fully saturated rings. The van der Waals surface area contributed by atoms with Crippen LogP contribution in [0.4, 0.5) is 19.3 Å². The predicted octanol–water partition coefficient (Wildman–Crippen LogP) is 5.89. The van der Waals surface area contributed by atoms with E-state index in [1.54, 1.807) is 0 Å². The van der Waals surface area contributed by atoms with Gasteiger partial charge in [0.15, 0.2) is 0 Å². The molecule has 3 amide bonds. The maximum absolute atomic E-state index is 13.7. The van der Waals surface area contributed by atoms with E-state index in [0.717, 1.165) is 6.07 Å². The van der Waals surface area contributed by atoms with Crippen LogP contribution in [-0.2, 0) is 0 Å². The topological polar surface area (TPSA) is 82.0 Å². The standard InChI is InChI=1S/C22H13Cl2F2N3O2/c23-17-10-20(28-22(31)29-21(30)14-3-1-2-4-19(14)26)18(24)9-15(17)16(11-27)12-5-7-13(25)8-6-12/h1-10,16H,(H2,28,29,30,31). The molecule has 2 N–H and O–H groups in total. The molecule has 0 aromatic heterocycles. The number of hydrogen-bond acceptors (Lipinski definition) is 3. The van der Waals surface area contributed by atoms with E-state index in [9.17, 15) is 23.6 Å². The van der Waals surface area contributed by atoms with E-state index in [-0.39, 0.29) is 21.3 Å². The average Bonchev–Trinajstić information content (AvgIpc) is 2.73. The normalized spacial score (nSPS) is 11.3. The molecule has 1 atom stereocenters. The van der Waals surface area contributed by atoms with Crippen molar-refractivity contribution in [3.63, 3.8) is 0 Å². The summed E-state index contributed by atoms with van der Waals surface area (Å²) in [7, 11) is 0. The fourth-order valence-corrected chi connectivity index (χ4v) is 3.32. The first kappa shape index (κ1) is 22.2. The summed E-state index contributed by atoms with van der Waals surface area (Å²) in [6, 6.07) is 14.4. The molecular weight excluding hydrogens is 447 g/mol. The Kier molecular flexibility index (Phi) is 6.85. The number of amides is 3. The molecule has 0 heterocycles. The van der Waals surface area contributed by atoms with Gasteiger partial charge in [-0.2, -0.15) is 5.26 Å². The lowest BCUT2D eigenvalue weighted by Crippen LogP contribution is -2.34. The van der Waals surface area contributed by atoms with Gasteiger partial charge in [0.05, 0.1) is 28.3 Å². The zero-order chi connectivity index (χ0) is 22.5. The van der Waals surface area contributed by atoms with Crippen LogP contribution in [-0.4, -0.2) is 11.9 Å². The number of urea groups is 1. The van der Waals surface area contributed by atoms with Gasteiger partial charge in [0.1, 0.15) is 11.6 Å². The van der Waals surface area contributed by atoms with Gasteiger partial charge >= 0.3 is 6.03 Å². The summed E-state index contributed by atoms with van der Waals surface area (Å²) in [4.78, 5) is 24.2. The Balaban J connectivity index is 1.79. The van der Waals surface area contributed by atoms with Crippen LogP contribution in [0.3, 0.4) is 0 Å². The number of imide groups is 1. The smallest absolute Gasteiger partial charge is 0.306 e. The second-order valence-corrected chi connectivity index (χ2v) is 7.17. The molecule has 9 heteroatoms. The van der Waals surface area contributed by atoms with Crippen molar-refractivity contribution in [1.29, 1.82) is 5.26 Å². The fraction of sp³-hybridized carbons (Fsp3) is 0.0455. The minimum atomic E-state index is -0.950. The molecule has 0 aliphatic carbocycles. The summed E-state index contributed by atoms with van der Waals surface area (Å²) in [5.74, 6) is -2.98. The van der Waals surface area contributed by atoms with Gasteiger partial charge in [0, 0.05) is 5.02 Å². The third kappa shape index (κ3) is 5.18. The van der Waals surface area contributed by atoms with Crippen LogP contribution < -0.4 is 10.6 Å². The van der Waals surface area contributed by atoms with Gasteiger partial charge in [-0.15, -0.1) is 0 Å². The van der Waals surface area contributed by atoms with Gasteiger partial charge < -0.3 is 5.32 Å². The van der Waals surface area contributed by atoms with Crippen molar-refractivity contribution in [3.05, 3.63) is 99.0 Å². The van der Waals surface area contributed by atoms with Crippen molar-refractivity contribution in [3.8, 4) is 6.07 Å². The van der Waals surface area contributed by atoms with Gasteiger partial charge in [0.2, 0.25) is 0 Å². The van der Waals surface area contributed by atoms with E-state index in [4.69, 9.17) is 23.2 Å². The molecule has 156 valence electrons. The highest BCUT2D eigenvalue weighted by atomic mass is 35.5. The molecule has 31 heavy (non-hydrogen) atoms. The summed E-state index contributed by atoms with van der Waals surface area (Å²) in [5.41, 5.74) is 0.642. The van der Waals surface area contributed by atoms with Crippen molar-refractivity contribution < 1.29 is 18.4 Å². The number of hydrogen-bond donors (Lipinski definition) is 2. The Hall–Kier alpha value is -3.47. The number of nitrogens with one attached hydrogen (secondary N) is 2. The number of benzene rings is 3. The van der Waals surface area contributed by atoms with Crippen LogP contribution in [0.5, 0.6) is 0 Å². The Bertz CT molecular complexity index is 1190. The van der Waals surface area contributed by atoms with E-state index in [2.05, 4.69) is 11.4 Å². The van der Waals surface area contributed by atoms with Crippen molar-refractivity contribution >= 4 is 40.8 Å². The fourth-order valence-electron chi connectivity index (χ4n) is 2.83. The third-order valence-electron chi connectivity index (χ3n) is 4.32. The van der Waals surface area contributed by atoms with Gasteiger partial charge in [-0.3, -0.25) is 10.1 Å². The molecule has 0 spiro atoms. The summed E-state index contributed by atoms with van der Waals surface area (Å²) >= 11 is 12.5. The van der Waals surface area contributed by atoms with E-state index in [1.165, 1.54) is 54.6 Å². The summed E-state index contributed by atoms with van der Waals surface area (Å²) < 4.78 is 26.8. The highest BCUT2D eigenvalue weighted by molar-refractivity contribution is 6.36. The third-order valence-corrected chi connectivity index (χ3v) is 4.96. The zero-order valence-corrected chi connectivity index (χ0v) is 17.1. The quantitative estimate of drug-likeness (QED) is 0.510. The first-order valence-corrected chi connectivity index (χ1v) is 9.56. The van der Waals surface area contributed by atoms with Crippen LogP contribution in [0.25, 0.3) is 0 Å². The molecular formula is C22H13Cl2F2N3O2. The molecule has 3 aromatic carbocycles. The van der Waals surface area contributed by atoms with Gasteiger partial charge in [0.25, 0.3) is 5.91 Å². The van der Waals surface area contributed by atoms with E-state index in [0.29, 0.717) is 11.1 Å². The lowest BCUT2D eigenvalue weighted by Gasteiger charge is -2.15. The second kappa shape index (κ2) is 9.56. The molecule has 0 aliphatic heterocycles. The molecule has 0 aliphatic rings. The first-order chi connectivity index (χ1) is 14.8. The van der Waals surface area contributed by atoms with Gasteiger partial charge in [-0.25, -0.2) is 13.6 Å². The molecule has 0 bridgehead atoms. The van der Waals surface area contributed by atoms with Crippen LogP contribution >= 0.6 is 23.2 Å². The Morgan fingerprint density at radius 2 is 1.65 bits per heavy atom. The monoisotopic (exact) mass is 459 g/mol. The number of anilines is 1. The Labute approximate surface area is 186 Å². The molecule has 0 saturated heterocycles. The first-order valence-electron chi connectivity index (χ1n) is 8.81. The van der Waals surface area contributed by atoms with Gasteiger partial charge in [-0.05, 0) is 47.5 Å². The van der Waals surface area contributed by atoms with Crippen molar-refractivity contribution in [2.45, 2.75) is 5.92 Å². The SMILES string of the molecule is N#CC(c1ccc(F)cc1)c1cc(Cl)c(NC(=O)NC(=O)c2ccccc2F)cc1Cl. The van der Waals surface area contributed by atoms with E-state index >= 15 is 0 Å². The highest BCUT2D eigenvalue weighted by Crippen LogP contribution is 2.36. The Morgan fingerprint density at radius 3 is 2.29 bits per heavy atom. The van der Waals surface area contributed by atoms with Crippen LogP contribution in [0.2, 0.25) is 10.0 Å². The largest absolute Gasteiger partial charge is 0.326 e. The molecule has 3 aromatic rings. The number of nitriles is 1. The maximum Gasteiger partial charge on any atom is 0.326 e. The maximum atomic E-state index is 13.7. The van der Waals surface area contributed by atoms with Crippen LogP contribution in [0.15, 0.2) is 60.7 Å². The average molecular weight is 460 g/mol. The summed E-state index contributed by atoms with van der Waals surface area (Å²) in [6.45, 7) is 0. The van der Waals surface area contributed by atoms with Crippen LogP contribution in [0.1, 0.15) is 27.4 Å². The number of rotatable bonds is 4. The molecule has 5 nitrogen and oxygen atoms in total. The molecule has 0 saturated carbocycles. The minimum Gasteiger partial charge on any atom is -0.306 e. The van der Waals surface area contributed by atoms with Crippen molar-refractivity contribution in [2.75, 3.05) is 5.32 Å². The predicted molar refractivity (Wildman–Crippen MR) is 113 cm³/mol. The van der Waals surface area contributed by atoms with Crippen molar-refractivity contribution in [2.24, 2.45) is 0 Å². The minimum absolute atomic E-state index is 0.0512. The van der Waals surface area contributed by atoms with Gasteiger partial charge in [-0.1, -0.05) is 47.5 Å². The number of carbonyl (C=O) groups excluding carboxylic acids is 2. The second-order valence-electron chi connectivity index (χ2n) is 6.36. The molecule has 1 unspecified atom stereocenters. The molecule has 3 rings (SSSR count). The number of nitrogens with zero attached hydrogens (tertiary/aromatic N) is 1. The number of halogens is 4. The van der Waals surface area contributed by atoms with E-state index < -0.39 is 29.5 Å². The highest BCUT2D eigenvalue weighted by Gasteiger charge is 2.20. The lowest BCUT2D eigenvalue weighted by atomic mass is 9.92. The van der Waals surface area contributed by atoms with Crippen LogP contribution in [0, 0.1) is 23.0 Å². The lowest BCUT2D eigenvalue weighted by molar-refractivity contribution is 0.0963. The molecule has 0 radical (unpaired) electrons. The number of carbonyl (C=O) groups is 2. The zero-order valence-electron chi connectivity index (χ0n) is 15.6. The Morgan fingerprint density at radius 1 is 0.968 bits per heavy atom. The summed E-state index contributed by atoms with van der Waals surface area (Å²) in [6.07, 6.45) is 0. The van der Waals surface area contributed by atoms with Crippen molar-refractivity contribution in [1.82, 2.24) is 5.32 Å².